The zero-order valence-corrected chi connectivity index (χ0v) is 17.8. The molecule has 3 heterocycles. The summed E-state index contributed by atoms with van der Waals surface area (Å²) in [6, 6.07) is 10.4. The largest absolute Gasteiger partial charge is 0.507 e. The van der Waals surface area contributed by atoms with Crippen LogP contribution >= 0.6 is 11.6 Å². The Morgan fingerprint density at radius 2 is 2.06 bits per heavy atom. The molecule has 1 aliphatic rings. The molecule has 1 unspecified atom stereocenters. The molecule has 33 heavy (non-hydrogen) atoms. The number of Topliss-reactive ketones (excluding diaryl/α,β-unsaturated/α-hetero) is 1. The number of aliphatic hydroxyl groups is 1. The van der Waals surface area contributed by atoms with Crippen molar-refractivity contribution in [3.05, 3.63) is 82.5 Å². The number of nitrogens with zero attached hydrogens (tertiary/aromatic N) is 2. The highest BCUT2D eigenvalue weighted by atomic mass is 35.5. The second-order valence-corrected chi connectivity index (χ2v) is 7.69. The first-order chi connectivity index (χ1) is 15.9. The number of furan rings is 1. The first-order valence-corrected chi connectivity index (χ1v) is 10.1. The summed E-state index contributed by atoms with van der Waals surface area (Å²) in [5.74, 6) is -2.42. The molecule has 2 aromatic carbocycles. The van der Waals surface area contributed by atoms with Crippen LogP contribution in [0, 0.1) is 5.82 Å². The molecule has 1 amide bonds. The number of hydrogen-bond acceptors (Lipinski definition) is 6. The van der Waals surface area contributed by atoms with Gasteiger partial charge >= 0.3 is 5.91 Å². The van der Waals surface area contributed by atoms with Crippen molar-refractivity contribution >= 4 is 46.0 Å². The van der Waals surface area contributed by atoms with E-state index in [2.05, 4.69) is 9.97 Å². The van der Waals surface area contributed by atoms with Gasteiger partial charge in [0.05, 0.1) is 35.5 Å². The number of amides is 1. The summed E-state index contributed by atoms with van der Waals surface area (Å²) in [4.78, 5) is 34.5. The number of methoxy groups -OCH3 is 1. The van der Waals surface area contributed by atoms with Gasteiger partial charge in [0.15, 0.2) is 0 Å². The van der Waals surface area contributed by atoms with E-state index in [1.165, 1.54) is 43.7 Å². The maximum Gasteiger partial charge on any atom is 0.302 e. The summed E-state index contributed by atoms with van der Waals surface area (Å²) in [5, 5.41) is 11.5. The van der Waals surface area contributed by atoms with Crippen LogP contribution in [0.4, 0.5) is 10.3 Å². The van der Waals surface area contributed by atoms with Crippen molar-refractivity contribution in [1.82, 2.24) is 9.97 Å². The number of ether oxygens (including phenoxy) is 1. The Morgan fingerprint density at radius 3 is 2.79 bits per heavy atom. The van der Waals surface area contributed by atoms with E-state index in [1.807, 2.05) is 0 Å². The fourth-order valence-corrected chi connectivity index (χ4v) is 4.03. The molecule has 166 valence electrons. The third kappa shape index (κ3) is 3.33. The van der Waals surface area contributed by atoms with Crippen molar-refractivity contribution in [1.29, 1.82) is 0 Å². The lowest BCUT2D eigenvalue weighted by Gasteiger charge is -2.21. The maximum atomic E-state index is 13.7. The van der Waals surface area contributed by atoms with E-state index in [1.54, 1.807) is 18.2 Å². The molecule has 0 saturated carbocycles. The number of H-pyrrole nitrogens is 1. The lowest BCUT2D eigenvalue weighted by molar-refractivity contribution is -0.132. The summed E-state index contributed by atoms with van der Waals surface area (Å²) in [5.41, 5.74) is 0.623. The zero-order valence-electron chi connectivity index (χ0n) is 17.0. The molecular formula is C23H15ClFN3O5. The number of halogens is 2. The van der Waals surface area contributed by atoms with E-state index in [-0.39, 0.29) is 28.6 Å². The van der Waals surface area contributed by atoms with E-state index in [9.17, 15) is 19.1 Å². The van der Waals surface area contributed by atoms with Gasteiger partial charge in [-0.2, -0.15) is 0 Å². The number of nitrogens with one attached hydrogen (secondary N) is 1. The van der Waals surface area contributed by atoms with Gasteiger partial charge in [0.1, 0.15) is 29.1 Å². The summed E-state index contributed by atoms with van der Waals surface area (Å²) in [6.07, 6.45) is 1.38. The van der Waals surface area contributed by atoms with Gasteiger partial charge in [0.2, 0.25) is 5.95 Å². The Bertz CT molecular complexity index is 1440. The van der Waals surface area contributed by atoms with E-state index >= 15 is 0 Å². The van der Waals surface area contributed by atoms with E-state index < -0.39 is 29.3 Å². The first kappa shape index (κ1) is 20.8. The normalized spacial score (nSPS) is 17.8. The number of aromatic nitrogens is 2. The van der Waals surface area contributed by atoms with Crippen molar-refractivity contribution in [2.24, 2.45) is 0 Å². The Labute approximate surface area is 190 Å². The number of anilines is 1. The summed E-state index contributed by atoms with van der Waals surface area (Å²) in [7, 11) is 1.40. The third-order valence-electron chi connectivity index (χ3n) is 5.33. The number of carbonyl (C=O) groups is 2. The number of aliphatic hydroxyl groups excluding tert-OH is 1. The van der Waals surface area contributed by atoms with Crippen molar-refractivity contribution in [2.45, 2.75) is 6.04 Å². The van der Waals surface area contributed by atoms with Gasteiger partial charge in [-0.3, -0.25) is 14.5 Å². The number of aromatic amines is 1. The molecule has 0 spiro atoms. The SMILES string of the molecule is COc1ccc(Cl)cc1/C(O)=C1\C(=O)C(=O)N(c2nc3ccc(F)cc3[nH]2)C1c1ccco1. The quantitative estimate of drug-likeness (QED) is 0.258. The van der Waals surface area contributed by atoms with Crippen LogP contribution in [0.5, 0.6) is 5.75 Å². The Morgan fingerprint density at radius 1 is 1.24 bits per heavy atom. The van der Waals surface area contributed by atoms with Crippen molar-refractivity contribution in [2.75, 3.05) is 12.0 Å². The molecule has 1 fully saturated rings. The highest BCUT2D eigenvalue weighted by Crippen LogP contribution is 2.43. The number of rotatable bonds is 4. The second-order valence-electron chi connectivity index (χ2n) is 7.25. The molecule has 0 aliphatic carbocycles. The average molecular weight is 468 g/mol. The van der Waals surface area contributed by atoms with Crippen LogP contribution in [0.2, 0.25) is 5.02 Å². The standard InChI is InChI=1S/C23H15ClFN3O5/c1-32-16-7-4-11(24)9-13(16)20(29)18-19(17-3-2-8-33-17)28(22(31)21(18)30)23-26-14-6-5-12(25)10-15(14)27-23/h2-10,19,29H,1H3,(H,26,27)/b20-18+. The van der Waals surface area contributed by atoms with Gasteiger partial charge in [-0.05, 0) is 48.5 Å². The molecule has 0 radical (unpaired) electrons. The minimum absolute atomic E-state index is 0.00351. The van der Waals surface area contributed by atoms with E-state index in [0.717, 1.165) is 4.90 Å². The molecule has 10 heteroatoms. The van der Waals surface area contributed by atoms with Gasteiger partial charge in [-0.1, -0.05) is 11.6 Å². The van der Waals surface area contributed by atoms with Crippen molar-refractivity contribution in [3.8, 4) is 5.75 Å². The average Bonchev–Trinajstić information content (AvgIpc) is 3.52. The highest BCUT2D eigenvalue weighted by molar-refractivity contribution is 6.51. The molecular weight excluding hydrogens is 453 g/mol. The molecule has 5 rings (SSSR count). The lowest BCUT2D eigenvalue weighted by Crippen LogP contribution is -2.30. The van der Waals surface area contributed by atoms with Gasteiger partial charge in [0, 0.05) is 5.02 Å². The minimum Gasteiger partial charge on any atom is -0.507 e. The van der Waals surface area contributed by atoms with Crippen LogP contribution in [0.15, 0.2) is 64.8 Å². The smallest absolute Gasteiger partial charge is 0.302 e. The number of imidazole rings is 1. The van der Waals surface area contributed by atoms with Gasteiger partial charge in [-0.15, -0.1) is 0 Å². The third-order valence-corrected chi connectivity index (χ3v) is 5.57. The van der Waals surface area contributed by atoms with E-state index in [0.29, 0.717) is 16.1 Å². The minimum atomic E-state index is -1.14. The predicted molar refractivity (Wildman–Crippen MR) is 118 cm³/mol. The maximum absolute atomic E-state index is 13.7. The van der Waals surface area contributed by atoms with Crippen LogP contribution in [-0.4, -0.2) is 33.9 Å². The Hall–Kier alpha value is -4.11. The number of hydrogen-bond donors (Lipinski definition) is 2. The van der Waals surface area contributed by atoms with Crippen molar-refractivity contribution < 1.29 is 28.2 Å². The first-order valence-electron chi connectivity index (χ1n) is 9.72. The Kier molecular flexibility index (Phi) is 4.90. The molecule has 8 nitrogen and oxygen atoms in total. The monoisotopic (exact) mass is 467 g/mol. The summed E-state index contributed by atoms with van der Waals surface area (Å²) in [6.45, 7) is 0. The zero-order chi connectivity index (χ0) is 23.3. The van der Waals surface area contributed by atoms with Crippen molar-refractivity contribution in [3.63, 3.8) is 0 Å². The topological polar surface area (TPSA) is 109 Å². The summed E-state index contributed by atoms with van der Waals surface area (Å²) >= 11 is 6.09. The highest BCUT2D eigenvalue weighted by Gasteiger charge is 2.49. The van der Waals surface area contributed by atoms with Gasteiger partial charge in [-0.25, -0.2) is 9.37 Å². The number of carbonyl (C=O) groups excluding carboxylic acids is 2. The van der Waals surface area contributed by atoms with Gasteiger partial charge < -0.3 is 19.2 Å². The van der Waals surface area contributed by atoms with Crippen LogP contribution < -0.4 is 9.64 Å². The fraction of sp³-hybridized carbons (Fsp3) is 0.0870. The molecule has 1 saturated heterocycles. The Balaban J connectivity index is 1.74. The number of fused-ring (bicyclic) bond motifs is 1. The molecule has 2 aromatic heterocycles. The van der Waals surface area contributed by atoms with Crippen LogP contribution in [-0.2, 0) is 9.59 Å². The molecule has 4 aromatic rings. The van der Waals surface area contributed by atoms with Crippen LogP contribution in [0.3, 0.4) is 0 Å². The summed E-state index contributed by atoms with van der Waals surface area (Å²) < 4.78 is 24.5. The number of benzene rings is 2. The lowest BCUT2D eigenvalue weighted by atomic mass is 9.99. The molecule has 1 atom stereocenters. The predicted octanol–water partition coefficient (Wildman–Crippen LogP) is 4.58. The van der Waals surface area contributed by atoms with E-state index in [4.69, 9.17) is 20.8 Å². The second kappa shape index (κ2) is 7.79. The van der Waals surface area contributed by atoms with Gasteiger partial charge in [0.25, 0.3) is 5.78 Å². The van der Waals surface area contributed by atoms with Crippen LogP contribution in [0.25, 0.3) is 16.8 Å². The molecule has 2 N–H and O–H groups in total. The number of ketones is 1. The molecule has 1 aliphatic heterocycles. The molecule has 0 bridgehead atoms. The van der Waals surface area contributed by atoms with Crippen LogP contribution in [0.1, 0.15) is 17.4 Å². The fourth-order valence-electron chi connectivity index (χ4n) is 3.86.